The summed E-state index contributed by atoms with van der Waals surface area (Å²) in [5.41, 5.74) is 0.318. The zero-order valence-electron chi connectivity index (χ0n) is 12.0. The minimum Gasteiger partial charge on any atom is -0.493 e. The van der Waals surface area contributed by atoms with Gasteiger partial charge in [-0.15, -0.1) is 0 Å². The van der Waals surface area contributed by atoms with E-state index in [1.54, 1.807) is 12.1 Å². The smallest absolute Gasteiger partial charge is 0.416 e. The van der Waals surface area contributed by atoms with Crippen molar-refractivity contribution in [3.8, 4) is 17.1 Å². The molecule has 0 aliphatic rings. The van der Waals surface area contributed by atoms with E-state index in [9.17, 15) is 18.0 Å². The van der Waals surface area contributed by atoms with Crippen LogP contribution in [0.3, 0.4) is 0 Å². The van der Waals surface area contributed by atoms with Crippen LogP contribution in [0.4, 0.5) is 13.2 Å². The third kappa shape index (κ3) is 2.79. The van der Waals surface area contributed by atoms with Crippen LogP contribution in [-0.2, 0) is 6.18 Å². The highest BCUT2D eigenvalue weighted by Gasteiger charge is 2.30. The van der Waals surface area contributed by atoms with Crippen LogP contribution < -0.4 is 4.74 Å². The zero-order chi connectivity index (χ0) is 16.6. The van der Waals surface area contributed by atoms with Crippen LogP contribution >= 0.6 is 0 Å². The number of hydrogen-bond donors (Lipinski definition) is 0. The van der Waals surface area contributed by atoms with Crippen molar-refractivity contribution in [3.63, 3.8) is 0 Å². The molecule has 0 saturated carbocycles. The maximum atomic E-state index is 12.8. The van der Waals surface area contributed by atoms with Gasteiger partial charge in [-0.05, 0) is 30.3 Å². The van der Waals surface area contributed by atoms with Crippen LogP contribution in [-0.4, -0.2) is 13.4 Å². The van der Waals surface area contributed by atoms with Gasteiger partial charge in [0, 0.05) is 16.5 Å². The molecule has 0 N–H and O–H groups in total. The second kappa shape index (κ2) is 5.46. The summed E-state index contributed by atoms with van der Waals surface area (Å²) >= 11 is 0. The number of hydrogen-bond acceptors (Lipinski definition) is 3. The molecule has 0 spiro atoms. The number of carbonyl (C=O) groups is 1. The second-order valence-electron chi connectivity index (χ2n) is 4.95. The maximum absolute atomic E-state index is 12.8. The molecule has 3 aromatic rings. The normalized spacial score (nSPS) is 11.7. The molecule has 0 radical (unpaired) electrons. The second-order valence-corrected chi connectivity index (χ2v) is 4.95. The van der Waals surface area contributed by atoms with Crippen LogP contribution in [0, 0.1) is 0 Å². The van der Waals surface area contributed by atoms with E-state index in [-0.39, 0.29) is 5.76 Å². The van der Waals surface area contributed by atoms with Crippen molar-refractivity contribution in [2.75, 3.05) is 7.11 Å². The minimum atomic E-state index is -4.43. The van der Waals surface area contributed by atoms with Crippen LogP contribution in [0.5, 0.6) is 5.75 Å². The predicted octanol–water partition coefficient (Wildman–Crippen LogP) is 4.94. The molecular formula is C17H11F3O3. The van der Waals surface area contributed by atoms with E-state index in [0.29, 0.717) is 34.1 Å². The third-order valence-electron chi connectivity index (χ3n) is 3.43. The Balaban J connectivity index is 2.16. The number of carbonyl (C=O) groups excluding carboxylic acids is 1. The van der Waals surface area contributed by atoms with E-state index in [1.807, 2.05) is 0 Å². The van der Waals surface area contributed by atoms with Gasteiger partial charge in [0.1, 0.15) is 12.0 Å². The van der Waals surface area contributed by atoms with Gasteiger partial charge in [-0.1, -0.05) is 12.1 Å². The van der Waals surface area contributed by atoms with Crippen molar-refractivity contribution >= 4 is 17.3 Å². The van der Waals surface area contributed by atoms with Crippen molar-refractivity contribution in [3.05, 3.63) is 53.6 Å². The van der Waals surface area contributed by atoms with Gasteiger partial charge in [0.2, 0.25) is 0 Å². The quantitative estimate of drug-likeness (QED) is 0.642. The Morgan fingerprint density at radius 2 is 1.91 bits per heavy atom. The molecular weight excluding hydrogens is 309 g/mol. The van der Waals surface area contributed by atoms with E-state index in [1.165, 1.54) is 25.3 Å². The van der Waals surface area contributed by atoms with Crippen molar-refractivity contribution in [2.45, 2.75) is 6.18 Å². The molecule has 0 aliphatic heterocycles. The van der Waals surface area contributed by atoms with Gasteiger partial charge in [-0.3, -0.25) is 4.79 Å². The molecule has 0 unspecified atom stereocenters. The lowest BCUT2D eigenvalue weighted by molar-refractivity contribution is -0.137. The van der Waals surface area contributed by atoms with Crippen LogP contribution in [0.25, 0.3) is 22.3 Å². The molecule has 3 rings (SSSR count). The van der Waals surface area contributed by atoms with E-state index in [2.05, 4.69) is 0 Å². The fourth-order valence-corrected chi connectivity index (χ4v) is 2.35. The summed E-state index contributed by atoms with van der Waals surface area (Å²) in [6, 6.07) is 9.54. The molecule has 6 heteroatoms. The number of alkyl halides is 3. The lowest BCUT2D eigenvalue weighted by Crippen LogP contribution is -2.04. The molecule has 0 fully saturated rings. The highest BCUT2D eigenvalue weighted by Crippen LogP contribution is 2.36. The van der Waals surface area contributed by atoms with E-state index >= 15 is 0 Å². The number of benzene rings is 2. The number of aldehydes is 1. The van der Waals surface area contributed by atoms with E-state index < -0.39 is 11.7 Å². The van der Waals surface area contributed by atoms with Crippen molar-refractivity contribution < 1.29 is 27.1 Å². The Labute approximate surface area is 129 Å². The molecule has 2 aromatic carbocycles. The zero-order valence-corrected chi connectivity index (χ0v) is 12.0. The average Bonchev–Trinajstić information content (AvgIpc) is 2.97. The highest BCUT2D eigenvalue weighted by molar-refractivity contribution is 5.92. The Morgan fingerprint density at radius 1 is 1.13 bits per heavy atom. The molecule has 0 aliphatic carbocycles. The maximum Gasteiger partial charge on any atom is 0.416 e. The highest BCUT2D eigenvalue weighted by atomic mass is 19.4. The molecule has 23 heavy (non-hydrogen) atoms. The molecule has 0 bridgehead atoms. The molecule has 0 atom stereocenters. The Bertz CT molecular complexity index is 878. The molecule has 1 aromatic heterocycles. The summed E-state index contributed by atoms with van der Waals surface area (Å²) in [5, 5.41) is 0.582. The Kier molecular flexibility index (Phi) is 3.60. The van der Waals surface area contributed by atoms with Gasteiger partial charge in [-0.2, -0.15) is 13.2 Å². The van der Waals surface area contributed by atoms with Gasteiger partial charge in [0.25, 0.3) is 0 Å². The fourth-order valence-electron chi connectivity index (χ4n) is 2.35. The molecule has 1 heterocycles. The summed E-state index contributed by atoms with van der Waals surface area (Å²) < 4.78 is 49.2. The standard InChI is InChI=1S/C17H11F3O3/c1-22-15-6-10(9-21)5-12-8-14(23-16(12)15)11-3-2-4-13(7-11)17(18,19)20/h2-9H,1H3. The number of methoxy groups -OCH3 is 1. The topological polar surface area (TPSA) is 39.4 Å². The number of ether oxygens (including phenoxy) is 1. The average molecular weight is 320 g/mol. The fraction of sp³-hybridized carbons (Fsp3) is 0.118. The SMILES string of the molecule is COc1cc(C=O)cc2cc(-c3cccc(C(F)(F)F)c3)oc12. The van der Waals surface area contributed by atoms with Crippen LogP contribution in [0.1, 0.15) is 15.9 Å². The lowest BCUT2D eigenvalue weighted by atomic mass is 10.1. The lowest BCUT2D eigenvalue weighted by Gasteiger charge is -2.07. The first kappa shape index (κ1) is 15.1. The predicted molar refractivity (Wildman–Crippen MR) is 78.6 cm³/mol. The number of halogens is 3. The van der Waals surface area contributed by atoms with Crippen molar-refractivity contribution in [1.82, 2.24) is 0 Å². The van der Waals surface area contributed by atoms with Gasteiger partial charge in [0.15, 0.2) is 11.3 Å². The van der Waals surface area contributed by atoms with Crippen LogP contribution in [0.15, 0.2) is 46.9 Å². The molecule has 0 saturated heterocycles. The monoisotopic (exact) mass is 320 g/mol. The first-order chi connectivity index (χ1) is 10.9. The largest absolute Gasteiger partial charge is 0.493 e. The van der Waals surface area contributed by atoms with Crippen LogP contribution in [0.2, 0.25) is 0 Å². The third-order valence-corrected chi connectivity index (χ3v) is 3.43. The number of fused-ring (bicyclic) bond motifs is 1. The number of furan rings is 1. The Morgan fingerprint density at radius 3 is 2.57 bits per heavy atom. The molecule has 118 valence electrons. The number of rotatable bonds is 3. The first-order valence-electron chi connectivity index (χ1n) is 6.67. The Hall–Kier alpha value is -2.76. The summed E-state index contributed by atoms with van der Waals surface area (Å²) in [6.07, 6.45) is -3.76. The summed E-state index contributed by atoms with van der Waals surface area (Å²) in [5.74, 6) is 0.621. The summed E-state index contributed by atoms with van der Waals surface area (Å²) in [6.45, 7) is 0. The first-order valence-corrected chi connectivity index (χ1v) is 6.67. The van der Waals surface area contributed by atoms with Gasteiger partial charge in [-0.25, -0.2) is 0 Å². The van der Waals surface area contributed by atoms with E-state index in [0.717, 1.165) is 12.1 Å². The van der Waals surface area contributed by atoms with Gasteiger partial charge >= 0.3 is 6.18 Å². The van der Waals surface area contributed by atoms with Gasteiger partial charge < -0.3 is 9.15 Å². The van der Waals surface area contributed by atoms with Crippen molar-refractivity contribution in [2.24, 2.45) is 0 Å². The van der Waals surface area contributed by atoms with Crippen molar-refractivity contribution in [1.29, 1.82) is 0 Å². The minimum absolute atomic E-state index is 0.271. The van der Waals surface area contributed by atoms with E-state index in [4.69, 9.17) is 9.15 Å². The summed E-state index contributed by atoms with van der Waals surface area (Å²) in [4.78, 5) is 10.9. The van der Waals surface area contributed by atoms with Gasteiger partial charge in [0.05, 0.1) is 12.7 Å². The summed E-state index contributed by atoms with van der Waals surface area (Å²) in [7, 11) is 1.43. The molecule has 3 nitrogen and oxygen atoms in total. The molecule has 0 amide bonds.